The van der Waals surface area contributed by atoms with Crippen LogP contribution in [0.2, 0.25) is 0 Å². The number of nitrogens with zero attached hydrogens (tertiary/aromatic N) is 3. The number of nitrogens with one attached hydrogen (secondary N) is 1. The molecule has 1 aromatic heterocycles. The van der Waals surface area contributed by atoms with Crippen LogP contribution < -0.4 is 26.3 Å². The molecule has 6 nitrogen and oxygen atoms in total. The Hall–Kier alpha value is -3.02. The standard InChI is InChI=1S/C19H22N4O2/c1-5-14-15(21(3)4)11-12-16(17(14)20-2)22(23-18(24)19(23)25)13-9-7-6-8-10-13/h6-12,20H,5H2,1-4H3. The third-order valence-electron chi connectivity index (χ3n) is 4.30. The fourth-order valence-corrected chi connectivity index (χ4v) is 3.10. The summed E-state index contributed by atoms with van der Waals surface area (Å²) in [7, 11) is 5.85. The van der Waals surface area contributed by atoms with Gasteiger partial charge in [-0.25, -0.2) is 5.01 Å². The molecule has 0 saturated carbocycles. The topological polar surface area (TPSA) is 57.6 Å². The van der Waals surface area contributed by atoms with Crippen molar-refractivity contribution in [1.82, 2.24) is 4.68 Å². The number of rotatable bonds is 6. The Bertz CT molecular complexity index is 928. The SMILES string of the molecule is CCc1c(N(C)C)ccc(N(c2ccccc2)n2c(=O)c2=O)c1NC. The zero-order valence-electron chi connectivity index (χ0n) is 14.9. The van der Waals surface area contributed by atoms with Crippen LogP contribution in [0.4, 0.5) is 22.7 Å². The normalized spacial score (nSPS) is 10.9. The number of aromatic nitrogens is 1. The van der Waals surface area contributed by atoms with Crippen molar-refractivity contribution in [2.45, 2.75) is 13.3 Å². The smallest absolute Gasteiger partial charge is 0.340 e. The summed E-state index contributed by atoms with van der Waals surface area (Å²) in [5, 5.41) is 4.93. The number of benzene rings is 2. The van der Waals surface area contributed by atoms with Crippen LogP contribution in [0.1, 0.15) is 12.5 Å². The van der Waals surface area contributed by atoms with Crippen molar-refractivity contribution in [2.24, 2.45) is 0 Å². The average Bonchev–Trinajstić information content (AvgIpc) is 3.21. The lowest BCUT2D eigenvalue weighted by atomic mass is 10.0. The molecule has 0 aliphatic carbocycles. The van der Waals surface area contributed by atoms with Gasteiger partial charge in [0.25, 0.3) is 0 Å². The van der Waals surface area contributed by atoms with E-state index in [1.165, 1.54) is 4.68 Å². The lowest BCUT2D eigenvalue weighted by Crippen LogP contribution is -2.25. The van der Waals surface area contributed by atoms with Crippen LogP contribution in [0.3, 0.4) is 0 Å². The van der Waals surface area contributed by atoms with Gasteiger partial charge in [-0.15, -0.1) is 0 Å². The first-order valence-electron chi connectivity index (χ1n) is 8.25. The lowest BCUT2D eigenvalue weighted by molar-refractivity contribution is 0.875. The van der Waals surface area contributed by atoms with Crippen LogP contribution >= 0.6 is 0 Å². The van der Waals surface area contributed by atoms with Gasteiger partial charge in [-0.2, -0.15) is 4.68 Å². The Morgan fingerprint density at radius 3 is 2.04 bits per heavy atom. The van der Waals surface area contributed by atoms with E-state index in [1.54, 1.807) is 5.01 Å². The molecule has 1 heterocycles. The molecular weight excluding hydrogens is 316 g/mol. The van der Waals surface area contributed by atoms with E-state index in [-0.39, 0.29) is 0 Å². The summed E-state index contributed by atoms with van der Waals surface area (Å²) in [6.45, 7) is 2.09. The molecule has 0 fully saturated rings. The van der Waals surface area contributed by atoms with E-state index in [4.69, 9.17) is 0 Å². The van der Waals surface area contributed by atoms with Gasteiger partial charge in [0.15, 0.2) is 0 Å². The zero-order valence-corrected chi connectivity index (χ0v) is 14.9. The molecule has 3 aromatic rings. The monoisotopic (exact) mass is 338 g/mol. The third-order valence-corrected chi connectivity index (χ3v) is 4.30. The van der Waals surface area contributed by atoms with Gasteiger partial charge in [0.1, 0.15) is 0 Å². The Balaban J connectivity index is 2.26. The molecule has 0 radical (unpaired) electrons. The summed E-state index contributed by atoms with van der Waals surface area (Å²) in [4.78, 5) is 25.7. The minimum Gasteiger partial charge on any atom is -0.386 e. The maximum atomic E-state index is 11.8. The van der Waals surface area contributed by atoms with E-state index in [0.29, 0.717) is 0 Å². The highest BCUT2D eigenvalue weighted by Crippen LogP contribution is 2.39. The average molecular weight is 338 g/mol. The van der Waals surface area contributed by atoms with Gasteiger partial charge in [-0.05, 0) is 30.7 Å². The number of anilines is 4. The first kappa shape index (κ1) is 16.8. The minimum atomic E-state index is -0.499. The fraction of sp³-hybridized carbons (Fsp3) is 0.263. The molecule has 0 unspecified atom stereocenters. The molecule has 0 spiro atoms. The quantitative estimate of drug-likeness (QED) is 0.699. The van der Waals surface area contributed by atoms with Crippen LogP contribution in [0.25, 0.3) is 0 Å². The summed E-state index contributed by atoms with van der Waals surface area (Å²) in [6.07, 6.45) is 0.821. The molecule has 0 aliphatic heterocycles. The van der Waals surface area contributed by atoms with Crippen molar-refractivity contribution >= 4 is 22.7 Å². The summed E-state index contributed by atoms with van der Waals surface area (Å²) >= 11 is 0. The van der Waals surface area contributed by atoms with E-state index in [1.807, 2.05) is 63.6 Å². The third kappa shape index (κ3) is 2.80. The first-order valence-corrected chi connectivity index (χ1v) is 8.25. The Morgan fingerprint density at radius 2 is 1.56 bits per heavy atom. The molecule has 130 valence electrons. The molecule has 1 N–H and O–H groups in total. The molecule has 6 heteroatoms. The van der Waals surface area contributed by atoms with Crippen molar-refractivity contribution < 1.29 is 0 Å². The summed E-state index contributed by atoms with van der Waals surface area (Å²) in [5.41, 5.74) is 3.68. The van der Waals surface area contributed by atoms with Crippen LogP contribution in [-0.4, -0.2) is 25.8 Å². The second-order valence-electron chi connectivity index (χ2n) is 6.02. The number of hydrogen-bond donors (Lipinski definition) is 1. The molecule has 0 saturated heterocycles. The van der Waals surface area contributed by atoms with Crippen LogP contribution in [0, 0.1) is 0 Å². The Labute approximate surface area is 146 Å². The van der Waals surface area contributed by atoms with Gasteiger partial charge < -0.3 is 10.2 Å². The Morgan fingerprint density at radius 1 is 0.960 bits per heavy atom. The van der Waals surface area contributed by atoms with Crippen molar-refractivity contribution in [3.05, 3.63) is 68.7 Å². The Kier molecular flexibility index (Phi) is 4.35. The van der Waals surface area contributed by atoms with Crippen LogP contribution in [0.5, 0.6) is 0 Å². The van der Waals surface area contributed by atoms with E-state index >= 15 is 0 Å². The predicted octanol–water partition coefficient (Wildman–Crippen LogP) is 2.36. The van der Waals surface area contributed by atoms with E-state index in [0.717, 1.165) is 34.7 Å². The molecule has 3 rings (SSSR count). The predicted molar refractivity (Wildman–Crippen MR) is 103 cm³/mol. The highest BCUT2D eigenvalue weighted by Gasteiger charge is 2.28. The summed E-state index contributed by atoms with van der Waals surface area (Å²) in [6, 6.07) is 13.4. The van der Waals surface area contributed by atoms with E-state index < -0.39 is 11.1 Å². The van der Waals surface area contributed by atoms with Crippen LogP contribution in [-0.2, 0) is 6.42 Å². The molecular formula is C19H22N4O2. The van der Waals surface area contributed by atoms with Gasteiger partial charge in [0.2, 0.25) is 0 Å². The molecule has 0 atom stereocenters. The highest BCUT2D eigenvalue weighted by molar-refractivity contribution is 5.83. The van der Waals surface area contributed by atoms with Crippen molar-refractivity contribution in [1.29, 1.82) is 0 Å². The molecule has 0 aliphatic rings. The van der Waals surface area contributed by atoms with Crippen molar-refractivity contribution in [2.75, 3.05) is 36.4 Å². The maximum Gasteiger partial charge on any atom is 0.340 e. The zero-order chi connectivity index (χ0) is 18.1. The van der Waals surface area contributed by atoms with Gasteiger partial charge >= 0.3 is 11.1 Å². The highest BCUT2D eigenvalue weighted by atomic mass is 16.2. The number of para-hydroxylation sites is 1. The second kappa shape index (κ2) is 6.47. The first-order chi connectivity index (χ1) is 12.0. The molecule has 0 amide bonds. The summed E-state index contributed by atoms with van der Waals surface area (Å²) in [5.74, 6) is 0. The van der Waals surface area contributed by atoms with E-state index in [9.17, 15) is 9.59 Å². The van der Waals surface area contributed by atoms with Gasteiger partial charge in [-0.1, -0.05) is 25.1 Å². The molecule has 0 bridgehead atoms. The fourth-order valence-electron chi connectivity index (χ4n) is 3.10. The van der Waals surface area contributed by atoms with Crippen molar-refractivity contribution in [3.8, 4) is 0 Å². The number of hydrogen-bond acceptors (Lipinski definition) is 5. The van der Waals surface area contributed by atoms with Gasteiger partial charge in [0.05, 0.1) is 17.1 Å². The van der Waals surface area contributed by atoms with Gasteiger partial charge in [-0.3, -0.25) is 9.59 Å². The van der Waals surface area contributed by atoms with E-state index in [2.05, 4.69) is 17.1 Å². The van der Waals surface area contributed by atoms with Crippen LogP contribution in [0.15, 0.2) is 52.1 Å². The minimum absolute atomic E-state index is 0.499. The second-order valence-corrected chi connectivity index (χ2v) is 6.02. The molecule has 2 aromatic carbocycles. The van der Waals surface area contributed by atoms with Gasteiger partial charge in [0, 0.05) is 32.4 Å². The maximum absolute atomic E-state index is 11.8. The van der Waals surface area contributed by atoms with Crippen molar-refractivity contribution in [3.63, 3.8) is 0 Å². The lowest BCUT2D eigenvalue weighted by Gasteiger charge is -2.28. The largest absolute Gasteiger partial charge is 0.386 e. The molecule has 25 heavy (non-hydrogen) atoms. The summed E-state index contributed by atoms with van der Waals surface area (Å²) < 4.78 is 1.17.